The van der Waals surface area contributed by atoms with Gasteiger partial charge in [-0.25, -0.2) is 0 Å². The van der Waals surface area contributed by atoms with Gasteiger partial charge in [0, 0.05) is 24.3 Å². The highest BCUT2D eigenvalue weighted by Gasteiger charge is 2.33. The quantitative estimate of drug-likeness (QED) is 0.391. The molecular weight excluding hydrogens is 464 g/mol. The molecule has 1 N–H and O–H groups in total. The molecule has 0 saturated carbocycles. The van der Waals surface area contributed by atoms with Crippen molar-refractivity contribution in [2.45, 2.75) is 32.8 Å². The average molecular weight is 485 g/mol. The molecule has 34 heavy (non-hydrogen) atoms. The van der Waals surface area contributed by atoms with Crippen molar-refractivity contribution >= 4 is 17.6 Å². The summed E-state index contributed by atoms with van der Waals surface area (Å²) in [4.78, 5) is 14.3. The largest absolute Gasteiger partial charge is 0.458 e. The molecule has 0 bridgehead atoms. The number of hydrogen-bond donors (Lipinski definition) is 1. The van der Waals surface area contributed by atoms with Crippen molar-refractivity contribution in [2.24, 2.45) is 0 Å². The SMILES string of the molecule is CCN(CC)c1nc(Nc2ccc(C(F)(F)F)cc2)nc(OCc2ccccc2C(F)(F)F)n1. The summed E-state index contributed by atoms with van der Waals surface area (Å²) in [7, 11) is 0. The summed E-state index contributed by atoms with van der Waals surface area (Å²) in [5.41, 5.74) is -1.48. The van der Waals surface area contributed by atoms with Crippen LogP contribution < -0.4 is 15.0 Å². The zero-order valence-electron chi connectivity index (χ0n) is 18.2. The summed E-state index contributed by atoms with van der Waals surface area (Å²) >= 11 is 0. The molecule has 6 nitrogen and oxygen atoms in total. The Morgan fingerprint density at radius 1 is 0.824 bits per heavy atom. The first-order valence-electron chi connectivity index (χ1n) is 10.2. The molecule has 1 aromatic heterocycles. The van der Waals surface area contributed by atoms with Gasteiger partial charge in [-0.15, -0.1) is 0 Å². The monoisotopic (exact) mass is 485 g/mol. The number of nitrogens with zero attached hydrogens (tertiary/aromatic N) is 4. The van der Waals surface area contributed by atoms with E-state index in [2.05, 4.69) is 20.3 Å². The van der Waals surface area contributed by atoms with Crippen LogP contribution in [0.5, 0.6) is 6.01 Å². The van der Waals surface area contributed by atoms with Crippen molar-refractivity contribution in [3.8, 4) is 6.01 Å². The number of aromatic nitrogens is 3. The van der Waals surface area contributed by atoms with Crippen LogP contribution in [-0.4, -0.2) is 28.0 Å². The summed E-state index contributed by atoms with van der Waals surface area (Å²) < 4.78 is 83.7. The third-order valence-corrected chi connectivity index (χ3v) is 4.80. The number of benzene rings is 2. The van der Waals surface area contributed by atoms with Crippen LogP contribution in [0.25, 0.3) is 0 Å². The van der Waals surface area contributed by atoms with Gasteiger partial charge in [-0.3, -0.25) is 0 Å². The fourth-order valence-electron chi connectivity index (χ4n) is 3.05. The number of anilines is 3. The van der Waals surface area contributed by atoms with Gasteiger partial charge in [0.2, 0.25) is 11.9 Å². The lowest BCUT2D eigenvalue weighted by Gasteiger charge is -2.20. The van der Waals surface area contributed by atoms with Crippen molar-refractivity contribution in [3.63, 3.8) is 0 Å². The molecule has 0 aliphatic carbocycles. The fourth-order valence-corrected chi connectivity index (χ4v) is 3.05. The summed E-state index contributed by atoms with van der Waals surface area (Å²) in [6, 6.07) is 8.97. The zero-order chi connectivity index (χ0) is 24.9. The van der Waals surface area contributed by atoms with Crippen LogP contribution in [0.1, 0.15) is 30.5 Å². The molecule has 0 atom stereocenters. The number of rotatable bonds is 8. The molecule has 12 heteroatoms. The zero-order valence-corrected chi connectivity index (χ0v) is 18.2. The molecule has 0 radical (unpaired) electrons. The molecule has 0 aliphatic heterocycles. The Labute approximate surface area is 191 Å². The van der Waals surface area contributed by atoms with Gasteiger partial charge in [0.1, 0.15) is 6.61 Å². The van der Waals surface area contributed by atoms with E-state index < -0.39 is 30.1 Å². The Morgan fingerprint density at radius 3 is 2.06 bits per heavy atom. The van der Waals surface area contributed by atoms with Crippen molar-refractivity contribution in [1.82, 2.24) is 15.0 Å². The van der Waals surface area contributed by atoms with Gasteiger partial charge in [0.25, 0.3) is 0 Å². The topological polar surface area (TPSA) is 63.2 Å². The number of halogens is 6. The second kappa shape index (κ2) is 10.1. The van der Waals surface area contributed by atoms with Gasteiger partial charge in [-0.2, -0.15) is 41.3 Å². The highest BCUT2D eigenvalue weighted by atomic mass is 19.4. The molecule has 0 aliphatic rings. The van der Waals surface area contributed by atoms with E-state index in [4.69, 9.17) is 4.74 Å². The maximum Gasteiger partial charge on any atom is 0.416 e. The molecule has 0 saturated heterocycles. The third kappa shape index (κ3) is 6.27. The molecule has 0 spiro atoms. The van der Waals surface area contributed by atoms with Crippen LogP contribution in [0.4, 0.5) is 43.9 Å². The lowest BCUT2D eigenvalue weighted by molar-refractivity contribution is -0.139. The molecule has 3 rings (SSSR count). The molecule has 0 amide bonds. The predicted octanol–water partition coefficient (Wildman–Crippen LogP) is 6.08. The standard InChI is InChI=1S/C22H21F6N5O/c1-3-33(4-2)19-30-18(29-16-11-9-15(10-12-16)21(23,24)25)31-20(32-19)34-13-14-7-5-6-8-17(14)22(26,27)28/h5-12H,3-4,13H2,1-2H3,(H,29,30,31,32). The number of alkyl halides is 6. The predicted molar refractivity (Wildman–Crippen MR) is 114 cm³/mol. The molecule has 3 aromatic rings. The third-order valence-electron chi connectivity index (χ3n) is 4.80. The smallest absolute Gasteiger partial charge is 0.416 e. The Balaban J connectivity index is 1.88. The minimum absolute atomic E-state index is 0.0317. The Bertz CT molecular complexity index is 1100. The van der Waals surface area contributed by atoms with E-state index in [1.165, 1.54) is 30.3 Å². The first kappa shape index (κ1) is 25.1. The second-order valence-corrected chi connectivity index (χ2v) is 7.06. The van der Waals surface area contributed by atoms with E-state index in [9.17, 15) is 26.3 Å². The highest BCUT2D eigenvalue weighted by molar-refractivity contribution is 5.55. The van der Waals surface area contributed by atoms with Gasteiger partial charge in [0.05, 0.1) is 11.1 Å². The Hall–Kier alpha value is -3.57. The summed E-state index contributed by atoms with van der Waals surface area (Å²) in [6.45, 7) is 4.32. The van der Waals surface area contributed by atoms with Crippen molar-refractivity contribution in [1.29, 1.82) is 0 Å². The maximum atomic E-state index is 13.3. The molecular formula is C22H21F6N5O. The number of nitrogens with one attached hydrogen (secondary N) is 1. The Kier molecular flexibility index (Phi) is 7.48. The minimum Gasteiger partial charge on any atom is -0.458 e. The molecule has 182 valence electrons. The maximum absolute atomic E-state index is 13.3. The van der Waals surface area contributed by atoms with Gasteiger partial charge < -0.3 is 15.0 Å². The lowest BCUT2D eigenvalue weighted by Crippen LogP contribution is -2.25. The van der Waals surface area contributed by atoms with E-state index in [0.717, 1.165) is 18.2 Å². The molecule has 0 fully saturated rings. The highest BCUT2D eigenvalue weighted by Crippen LogP contribution is 2.33. The van der Waals surface area contributed by atoms with Crippen LogP contribution in [0.2, 0.25) is 0 Å². The van der Waals surface area contributed by atoms with Crippen LogP contribution in [0.15, 0.2) is 48.5 Å². The average Bonchev–Trinajstić information content (AvgIpc) is 2.78. The van der Waals surface area contributed by atoms with Crippen LogP contribution >= 0.6 is 0 Å². The second-order valence-electron chi connectivity index (χ2n) is 7.06. The molecule has 1 heterocycles. The van der Waals surface area contributed by atoms with E-state index in [-0.39, 0.29) is 29.2 Å². The van der Waals surface area contributed by atoms with Gasteiger partial charge in [-0.05, 0) is 44.2 Å². The summed E-state index contributed by atoms with van der Waals surface area (Å²) in [6.07, 6.45) is -9.03. The van der Waals surface area contributed by atoms with Gasteiger partial charge >= 0.3 is 18.4 Å². The van der Waals surface area contributed by atoms with E-state index in [1.54, 1.807) is 4.90 Å². The minimum atomic E-state index is -4.55. The van der Waals surface area contributed by atoms with Crippen LogP contribution in [-0.2, 0) is 19.0 Å². The fraction of sp³-hybridized carbons (Fsp3) is 0.318. The summed E-state index contributed by atoms with van der Waals surface area (Å²) in [5.74, 6) is 0.171. The van der Waals surface area contributed by atoms with Crippen molar-refractivity contribution < 1.29 is 31.1 Å². The first-order valence-corrected chi connectivity index (χ1v) is 10.2. The van der Waals surface area contributed by atoms with Crippen LogP contribution in [0.3, 0.4) is 0 Å². The van der Waals surface area contributed by atoms with Crippen molar-refractivity contribution in [2.75, 3.05) is 23.3 Å². The normalized spacial score (nSPS) is 11.9. The van der Waals surface area contributed by atoms with Crippen LogP contribution in [0, 0.1) is 0 Å². The number of ether oxygens (including phenoxy) is 1. The Morgan fingerprint density at radius 2 is 1.47 bits per heavy atom. The van der Waals surface area contributed by atoms with E-state index in [1.807, 2.05) is 13.8 Å². The van der Waals surface area contributed by atoms with E-state index >= 15 is 0 Å². The molecule has 0 unspecified atom stereocenters. The summed E-state index contributed by atoms with van der Waals surface area (Å²) in [5, 5.41) is 2.78. The van der Waals surface area contributed by atoms with Gasteiger partial charge in [0.15, 0.2) is 0 Å². The van der Waals surface area contributed by atoms with E-state index in [0.29, 0.717) is 13.1 Å². The number of hydrogen-bond acceptors (Lipinski definition) is 6. The lowest BCUT2D eigenvalue weighted by atomic mass is 10.1. The van der Waals surface area contributed by atoms with Gasteiger partial charge in [-0.1, -0.05) is 18.2 Å². The van der Waals surface area contributed by atoms with Crippen molar-refractivity contribution in [3.05, 3.63) is 65.2 Å². The first-order chi connectivity index (χ1) is 16.0. The molecule has 2 aromatic carbocycles.